The van der Waals surface area contributed by atoms with Gasteiger partial charge in [-0.3, -0.25) is 9.59 Å². The first kappa shape index (κ1) is 13.7. The summed E-state index contributed by atoms with van der Waals surface area (Å²) in [6, 6.07) is 0. The number of carbonyl (C=O) groups excluding carboxylic acids is 1. The highest BCUT2D eigenvalue weighted by molar-refractivity contribution is 5.85. The van der Waals surface area contributed by atoms with Crippen molar-refractivity contribution in [2.75, 3.05) is 13.7 Å². The van der Waals surface area contributed by atoms with Crippen molar-refractivity contribution in [1.29, 1.82) is 0 Å². The van der Waals surface area contributed by atoms with E-state index in [9.17, 15) is 22.8 Å². The number of carboxylic acids is 1. The molecule has 0 heterocycles. The molecule has 88 valence electrons. The second-order valence-electron chi connectivity index (χ2n) is 2.66. The quantitative estimate of drug-likeness (QED) is 0.703. The average molecular weight is 229 g/mol. The molecule has 1 atom stereocenters. The number of methoxy groups -OCH3 is 1. The number of halogens is 3. The number of ether oxygens (including phenoxy) is 1. The molecule has 0 aliphatic heterocycles. The van der Waals surface area contributed by atoms with E-state index in [1.54, 1.807) is 0 Å². The number of hydrogen-bond donors (Lipinski definition) is 2. The maximum absolute atomic E-state index is 11.7. The van der Waals surface area contributed by atoms with Gasteiger partial charge in [0.1, 0.15) is 12.6 Å². The summed E-state index contributed by atoms with van der Waals surface area (Å²) in [7, 11) is 1.04. The van der Waals surface area contributed by atoms with E-state index in [0.717, 1.165) is 7.11 Å². The Balaban J connectivity index is 4.11. The van der Waals surface area contributed by atoms with Gasteiger partial charge in [0, 0.05) is 7.11 Å². The number of nitrogens with one attached hydrogen (secondary N) is 1. The van der Waals surface area contributed by atoms with Crippen LogP contribution in [0, 0.1) is 0 Å². The zero-order valence-electron chi connectivity index (χ0n) is 7.80. The van der Waals surface area contributed by atoms with Gasteiger partial charge in [-0.15, -0.1) is 0 Å². The molecule has 8 heteroatoms. The number of alkyl halides is 3. The molecule has 0 rings (SSSR count). The van der Waals surface area contributed by atoms with E-state index in [0.29, 0.717) is 0 Å². The Morgan fingerprint density at radius 1 is 1.47 bits per heavy atom. The molecule has 0 aliphatic carbocycles. The van der Waals surface area contributed by atoms with E-state index in [1.807, 2.05) is 0 Å². The van der Waals surface area contributed by atoms with E-state index in [2.05, 4.69) is 4.74 Å². The van der Waals surface area contributed by atoms with Gasteiger partial charge in [-0.2, -0.15) is 13.2 Å². The second kappa shape index (κ2) is 5.54. The predicted molar refractivity (Wildman–Crippen MR) is 42.1 cm³/mol. The topological polar surface area (TPSA) is 75.6 Å². The summed E-state index contributed by atoms with van der Waals surface area (Å²) >= 11 is 0. The maximum atomic E-state index is 11.7. The van der Waals surface area contributed by atoms with Crippen molar-refractivity contribution < 1.29 is 32.6 Å². The maximum Gasteiger partial charge on any atom is 0.405 e. The average Bonchev–Trinajstić information content (AvgIpc) is 2.08. The van der Waals surface area contributed by atoms with Crippen molar-refractivity contribution in [2.24, 2.45) is 0 Å². The summed E-state index contributed by atoms with van der Waals surface area (Å²) in [6.07, 6.45) is -6.62. The van der Waals surface area contributed by atoms with E-state index < -0.39 is 37.1 Å². The Kier molecular flexibility index (Phi) is 5.06. The van der Waals surface area contributed by atoms with Gasteiger partial charge in [0.25, 0.3) is 0 Å². The van der Waals surface area contributed by atoms with Gasteiger partial charge in [0.05, 0.1) is 6.42 Å². The summed E-state index contributed by atoms with van der Waals surface area (Å²) in [6.45, 7) is -1.51. The molecule has 0 saturated carbocycles. The van der Waals surface area contributed by atoms with Gasteiger partial charge in [0.2, 0.25) is 5.91 Å². The molecule has 0 radical (unpaired) electrons. The lowest BCUT2D eigenvalue weighted by molar-refractivity contribution is -0.149. The summed E-state index contributed by atoms with van der Waals surface area (Å²) < 4.78 is 39.4. The normalized spacial score (nSPS) is 13.3. The summed E-state index contributed by atoms with van der Waals surface area (Å²) in [5.74, 6) is -2.43. The Morgan fingerprint density at radius 3 is 2.33 bits per heavy atom. The third kappa shape index (κ3) is 6.72. The lowest BCUT2D eigenvalue weighted by Crippen LogP contribution is -2.41. The largest absolute Gasteiger partial charge is 0.481 e. The van der Waals surface area contributed by atoms with Crippen LogP contribution in [0.4, 0.5) is 13.2 Å². The second-order valence-corrected chi connectivity index (χ2v) is 2.66. The van der Waals surface area contributed by atoms with Crippen LogP contribution in [-0.4, -0.2) is 42.9 Å². The molecule has 5 nitrogen and oxygen atoms in total. The van der Waals surface area contributed by atoms with Gasteiger partial charge in [-0.1, -0.05) is 0 Å². The van der Waals surface area contributed by atoms with Crippen LogP contribution >= 0.6 is 0 Å². The minimum Gasteiger partial charge on any atom is -0.481 e. The molecule has 15 heavy (non-hydrogen) atoms. The number of carboxylic acid groups (broad SMARTS) is 1. The van der Waals surface area contributed by atoms with Crippen LogP contribution in [0.25, 0.3) is 0 Å². The number of rotatable bonds is 5. The highest BCUT2D eigenvalue weighted by atomic mass is 19.4. The summed E-state index contributed by atoms with van der Waals surface area (Å²) in [4.78, 5) is 21.1. The molecule has 0 aromatic carbocycles. The minimum atomic E-state index is -4.53. The molecule has 0 saturated heterocycles. The SMILES string of the molecule is CO[C@@H](CC(=O)O)C(=O)NCC(F)(F)F. The van der Waals surface area contributed by atoms with Crippen molar-refractivity contribution in [3.05, 3.63) is 0 Å². The first-order valence-electron chi connectivity index (χ1n) is 3.85. The number of aliphatic carboxylic acids is 1. The number of hydrogen-bond acceptors (Lipinski definition) is 3. The van der Waals surface area contributed by atoms with Gasteiger partial charge in [-0.25, -0.2) is 0 Å². The van der Waals surface area contributed by atoms with Crippen LogP contribution in [0.3, 0.4) is 0 Å². The van der Waals surface area contributed by atoms with Crippen molar-refractivity contribution in [1.82, 2.24) is 5.32 Å². The molecular formula is C7H10F3NO4. The number of amides is 1. The molecule has 0 bridgehead atoms. The Bertz CT molecular complexity index is 241. The molecule has 0 unspecified atom stereocenters. The van der Waals surface area contributed by atoms with E-state index in [-0.39, 0.29) is 0 Å². The lowest BCUT2D eigenvalue weighted by atomic mass is 10.2. The van der Waals surface area contributed by atoms with Gasteiger partial charge < -0.3 is 15.2 Å². The molecular weight excluding hydrogens is 219 g/mol. The van der Waals surface area contributed by atoms with Crippen LogP contribution in [0.1, 0.15) is 6.42 Å². The summed E-state index contributed by atoms with van der Waals surface area (Å²) in [5, 5.41) is 9.84. The van der Waals surface area contributed by atoms with E-state index in [4.69, 9.17) is 5.11 Å². The smallest absolute Gasteiger partial charge is 0.405 e. The Hall–Kier alpha value is -1.31. The van der Waals surface area contributed by atoms with Gasteiger partial charge in [0.15, 0.2) is 0 Å². The van der Waals surface area contributed by atoms with Gasteiger partial charge >= 0.3 is 12.1 Å². The van der Waals surface area contributed by atoms with Crippen LogP contribution in [-0.2, 0) is 14.3 Å². The van der Waals surface area contributed by atoms with Crippen LogP contribution < -0.4 is 5.32 Å². The first-order valence-corrected chi connectivity index (χ1v) is 3.85. The standard InChI is InChI=1S/C7H10F3NO4/c1-15-4(2-5(12)13)6(14)11-3-7(8,9)10/h4H,2-3H2,1H3,(H,11,14)(H,12,13)/t4-/m0/s1. The molecule has 0 aromatic heterocycles. The first-order chi connectivity index (χ1) is 6.76. The highest BCUT2D eigenvalue weighted by Crippen LogP contribution is 2.12. The zero-order valence-corrected chi connectivity index (χ0v) is 7.80. The molecule has 1 amide bonds. The monoisotopic (exact) mass is 229 g/mol. The highest BCUT2D eigenvalue weighted by Gasteiger charge is 2.30. The van der Waals surface area contributed by atoms with Gasteiger partial charge in [-0.05, 0) is 0 Å². The molecule has 0 spiro atoms. The lowest BCUT2D eigenvalue weighted by Gasteiger charge is -2.14. The fourth-order valence-electron chi connectivity index (χ4n) is 0.743. The fraction of sp³-hybridized carbons (Fsp3) is 0.714. The predicted octanol–water partition coefficient (Wildman–Crippen LogP) is 0.155. The molecule has 0 aliphatic rings. The third-order valence-electron chi connectivity index (χ3n) is 1.40. The number of carbonyl (C=O) groups is 2. The van der Waals surface area contributed by atoms with Crippen LogP contribution in [0.2, 0.25) is 0 Å². The van der Waals surface area contributed by atoms with Crippen molar-refractivity contribution >= 4 is 11.9 Å². The van der Waals surface area contributed by atoms with Crippen LogP contribution in [0.5, 0.6) is 0 Å². The van der Waals surface area contributed by atoms with E-state index >= 15 is 0 Å². The Labute approximate surface area is 83.2 Å². The third-order valence-corrected chi connectivity index (χ3v) is 1.40. The van der Waals surface area contributed by atoms with Crippen molar-refractivity contribution in [3.63, 3.8) is 0 Å². The Morgan fingerprint density at radius 2 is 2.00 bits per heavy atom. The van der Waals surface area contributed by atoms with Crippen molar-refractivity contribution in [3.8, 4) is 0 Å². The van der Waals surface area contributed by atoms with Crippen molar-refractivity contribution in [2.45, 2.75) is 18.7 Å². The minimum absolute atomic E-state index is 0.680. The molecule has 0 fully saturated rings. The zero-order chi connectivity index (χ0) is 12.1. The molecule has 0 aromatic rings. The summed E-state index contributed by atoms with van der Waals surface area (Å²) in [5.41, 5.74) is 0. The molecule has 2 N–H and O–H groups in total. The van der Waals surface area contributed by atoms with E-state index in [1.165, 1.54) is 5.32 Å². The van der Waals surface area contributed by atoms with Crippen LogP contribution in [0.15, 0.2) is 0 Å². The fourth-order valence-corrected chi connectivity index (χ4v) is 0.743.